The zero-order valence-corrected chi connectivity index (χ0v) is 11.3. The molecule has 3 unspecified atom stereocenters. The quantitative estimate of drug-likeness (QED) is 0.891. The van der Waals surface area contributed by atoms with Gasteiger partial charge in [-0.05, 0) is 24.7 Å². The zero-order chi connectivity index (χ0) is 11.8. The molecule has 17 heavy (non-hydrogen) atoms. The first-order valence-electron chi connectivity index (χ1n) is 6.18. The first-order chi connectivity index (χ1) is 8.24. The summed E-state index contributed by atoms with van der Waals surface area (Å²) in [5, 5.41) is 4.08. The number of aromatic nitrogens is 2. The summed E-state index contributed by atoms with van der Waals surface area (Å²) >= 11 is 7.31. The van der Waals surface area contributed by atoms with Crippen LogP contribution >= 0.6 is 23.1 Å². The Morgan fingerprint density at radius 3 is 3.00 bits per heavy atom. The van der Waals surface area contributed by atoms with Gasteiger partial charge in [-0.1, -0.05) is 22.5 Å². The second-order valence-electron chi connectivity index (χ2n) is 5.21. The van der Waals surface area contributed by atoms with Crippen molar-refractivity contribution >= 4 is 23.1 Å². The molecule has 4 nitrogen and oxygen atoms in total. The van der Waals surface area contributed by atoms with E-state index in [1.807, 2.05) is 0 Å². The third kappa shape index (κ3) is 2.34. The minimum absolute atomic E-state index is 0.391. The highest BCUT2D eigenvalue weighted by Crippen LogP contribution is 2.36. The largest absolute Gasteiger partial charge is 0.327 e. The SMILES string of the molecule is NC1CCCC2CN(Cc3nnsc3Cl)CC12. The van der Waals surface area contributed by atoms with E-state index in [4.69, 9.17) is 17.3 Å². The van der Waals surface area contributed by atoms with Crippen molar-refractivity contribution < 1.29 is 0 Å². The van der Waals surface area contributed by atoms with Crippen LogP contribution in [0.15, 0.2) is 0 Å². The number of hydrogen-bond donors (Lipinski definition) is 1. The Morgan fingerprint density at radius 2 is 2.29 bits per heavy atom. The Hall–Kier alpha value is -0.230. The molecule has 0 amide bonds. The Balaban J connectivity index is 1.65. The molecule has 94 valence electrons. The van der Waals surface area contributed by atoms with E-state index in [1.54, 1.807) is 0 Å². The van der Waals surface area contributed by atoms with E-state index in [-0.39, 0.29) is 0 Å². The summed E-state index contributed by atoms with van der Waals surface area (Å²) in [6.45, 7) is 3.07. The smallest absolute Gasteiger partial charge is 0.138 e. The summed E-state index contributed by atoms with van der Waals surface area (Å²) in [5.41, 5.74) is 7.13. The lowest BCUT2D eigenvalue weighted by Gasteiger charge is -2.29. The van der Waals surface area contributed by atoms with Gasteiger partial charge in [0, 0.05) is 37.2 Å². The van der Waals surface area contributed by atoms with Gasteiger partial charge in [-0.2, -0.15) is 0 Å². The highest BCUT2D eigenvalue weighted by molar-refractivity contribution is 7.10. The van der Waals surface area contributed by atoms with Gasteiger partial charge in [-0.15, -0.1) is 5.10 Å². The van der Waals surface area contributed by atoms with E-state index in [0.717, 1.165) is 35.6 Å². The minimum Gasteiger partial charge on any atom is -0.327 e. The van der Waals surface area contributed by atoms with Crippen LogP contribution in [0, 0.1) is 11.8 Å². The molecule has 0 spiro atoms. The standard InChI is InChI=1S/C11H17ClN4S/c12-11-10(14-15-17-11)6-16-4-7-2-1-3-9(13)8(7)5-16/h7-9H,1-6,13H2. The van der Waals surface area contributed by atoms with Crippen molar-refractivity contribution in [1.29, 1.82) is 0 Å². The van der Waals surface area contributed by atoms with Gasteiger partial charge in [0.2, 0.25) is 0 Å². The monoisotopic (exact) mass is 272 g/mol. The topological polar surface area (TPSA) is 55.0 Å². The number of hydrogen-bond acceptors (Lipinski definition) is 5. The predicted octanol–water partition coefficient (Wildman–Crippen LogP) is 1.75. The number of fused-ring (bicyclic) bond motifs is 1. The Morgan fingerprint density at radius 1 is 1.41 bits per heavy atom. The highest BCUT2D eigenvalue weighted by Gasteiger charge is 2.38. The maximum atomic E-state index is 6.21. The third-order valence-electron chi connectivity index (χ3n) is 4.11. The average molecular weight is 273 g/mol. The van der Waals surface area contributed by atoms with E-state index in [9.17, 15) is 0 Å². The number of nitrogens with two attached hydrogens (primary N) is 1. The van der Waals surface area contributed by atoms with Gasteiger partial charge in [0.25, 0.3) is 0 Å². The van der Waals surface area contributed by atoms with E-state index in [2.05, 4.69) is 14.5 Å². The lowest BCUT2D eigenvalue weighted by Crippen LogP contribution is -2.38. The van der Waals surface area contributed by atoms with Gasteiger partial charge in [0.1, 0.15) is 10.0 Å². The van der Waals surface area contributed by atoms with Crippen molar-refractivity contribution in [3.8, 4) is 0 Å². The van der Waals surface area contributed by atoms with Crippen LogP contribution in [-0.2, 0) is 6.54 Å². The molecule has 1 aliphatic carbocycles. The molecular weight excluding hydrogens is 256 g/mol. The number of nitrogens with zero attached hydrogens (tertiary/aromatic N) is 3. The first kappa shape index (κ1) is 11.8. The van der Waals surface area contributed by atoms with Gasteiger partial charge < -0.3 is 5.73 Å². The molecule has 3 atom stereocenters. The van der Waals surface area contributed by atoms with Gasteiger partial charge in [-0.3, -0.25) is 4.90 Å². The van der Waals surface area contributed by atoms with E-state index >= 15 is 0 Å². The van der Waals surface area contributed by atoms with Crippen LogP contribution in [0.1, 0.15) is 25.0 Å². The second-order valence-corrected chi connectivity index (χ2v) is 6.56. The van der Waals surface area contributed by atoms with Gasteiger partial charge in [0.05, 0.1) is 0 Å². The Bertz CT molecular complexity index is 397. The van der Waals surface area contributed by atoms with Crippen LogP contribution in [0.4, 0.5) is 0 Å². The fraction of sp³-hybridized carbons (Fsp3) is 0.818. The van der Waals surface area contributed by atoms with Crippen molar-refractivity contribution in [3.63, 3.8) is 0 Å². The van der Waals surface area contributed by atoms with Crippen LogP contribution in [0.25, 0.3) is 0 Å². The summed E-state index contributed by atoms with van der Waals surface area (Å²) < 4.78 is 4.60. The molecule has 1 aromatic heterocycles. The molecule has 2 fully saturated rings. The molecule has 0 aromatic carbocycles. The van der Waals surface area contributed by atoms with Crippen molar-refractivity contribution in [2.24, 2.45) is 17.6 Å². The molecule has 0 radical (unpaired) electrons. The van der Waals surface area contributed by atoms with E-state index in [1.165, 1.54) is 30.8 Å². The molecular formula is C11H17ClN4S. The van der Waals surface area contributed by atoms with Crippen LogP contribution in [0.3, 0.4) is 0 Å². The molecule has 2 heterocycles. The lowest BCUT2D eigenvalue weighted by molar-refractivity contribution is 0.259. The molecule has 3 rings (SSSR count). The summed E-state index contributed by atoms with van der Waals surface area (Å²) in [6.07, 6.45) is 3.81. The highest BCUT2D eigenvalue weighted by atomic mass is 35.5. The summed E-state index contributed by atoms with van der Waals surface area (Å²) in [7, 11) is 0. The van der Waals surface area contributed by atoms with Crippen molar-refractivity contribution in [2.75, 3.05) is 13.1 Å². The van der Waals surface area contributed by atoms with Crippen molar-refractivity contribution in [3.05, 3.63) is 10.0 Å². The zero-order valence-electron chi connectivity index (χ0n) is 9.68. The average Bonchev–Trinajstić information content (AvgIpc) is 2.87. The lowest BCUT2D eigenvalue weighted by atomic mass is 9.78. The van der Waals surface area contributed by atoms with Gasteiger partial charge in [-0.25, -0.2) is 0 Å². The van der Waals surface area contributed by atoms with Crippen LogP contribution in [0.2, 0.25) is 4.34 Å². The van der Waals surface area contributed by atoms with Gasteiger partial charge >= 0.3 is 0 Å². The first-order valence-corrected chi connectivity index (χ1v) is 7.34. The maximum Gasteiger partial charge on any atom is 0.138 e. The minimum atomic E-state index is 0.391. The summed E-state index contributed by atoms with van der Waals surface area (Å²) in [5.74, 6) is 1.46. The molecule has 1 aliphatic heterocycles. The van der Waals surface area contributed by atoms with Crippen molar-refractivity contribution in [1.82, 2.24) is 14.5 Å². The van der Waals surface area contributed by atoms with Crippen molar-refractivity contribution in [2.45, 2.75) is 31.8 Å². The third-order valence-corrected chi connectivity index (χ3v) is 5.10. The molecule has 0 bridgehead atoms. The number of likely N-dealkylation sites (tertiary alicyclic amines) is 1. The molecule has 2 N–H and O–H groups in total. The fourth-order valence-corrected chi connectivity index (χ4v) is 3.85. The number of halogens is 1. The van der Waals surface area contributed by atoms with Crippen LogP contribution < -0.4 is 5.73 Å². The predicted molar refractivity (Wildman–Crippen MR) is 69.0 cm³/mol. The Labute approximate surface area is 110 Å². The van der Waals surface area contributed by atoms with Crippen LogP contribution in [0.5, 0.6) is 0 Å². The van der Waals surface area contributed by atoms with Gasteiger partial charge in [0.15, 0.2) is 0 Å². The Kier molecular flexibility index (Phi) is 3.34. The maximum absolute atomic E-state index is 6.21. The van der Waals surface area contributed by atoms with E-state index < -0.39 is 0 Å². The molecule has 1 saturated heterocycles. The molecule has 1 aromatic rings. The normalized spacial score (nSPS) is 33.9. The molecule has 2 aliphatic rings. The summed E-state index contributed by atoms with van der Waals surface area (Å²) in [4.78, 5) is 2.43. The number of rotatable bonds is 2. The van der Waals surface area contributed by atoms with Crippen LogP contribution in [-0.4, -0.2) is 33.6 Å². The molecule has 6 heteroatoms. The fourth-order valence-electron chi connectivity index (χ4n) is 3.24. The second kappa shape index (κ2) is 4.80. The summed E-state index contributed by atoms with van der Waals surface area (Å²) in [6, 6.07) is 0.391. The van der Waals surface area contributed by atoms with E-state index in [0.29, 0.717) is 12.0 Å². The molecule has 1 saturated carbocycles.